The first-order valence-electron chi connectivity index (χ1n) is 14.7. The molecule has 7 aromatic rings. The van der Waals surface area contributed by atoms with E-state index in [9.17, 15) is 0 Å². The van der Waals surface area contributed by atoms with Gasteiger partial charge in [-0.15, -0.1) is 0 Å². The molecule has 0 bridgehead atoms. The normalized spacial score (nSPS) is 10.8. The molecule has 43 heavy (non-hydrogen) atoms. The van der Waals surface area contributed by atoms with Gasteiger partial charge >= 0.3 is 0 Å². The van der Waals surface area contributed by atoms with Crippen molar-refractivity contribution in [3.63, 3.8) is 0 Å². The van der Waals surface area contributed by atoms with Gasteiger partial charge in [0.15, 0.2) is 0 Å². The topological polar surface area (TPSA) is 3.24 Å². The van der Waals surface area contributed by atoms with Gasteiger partial charge in [0.05, 0.1) is 0 Å². The third kappa shape index (κ3) is 5.62. The molecule has 0 N–H and O–H groups in total. The minimum absolute atomic E-state index is 1.11. The Balaban J connectivity index is 1.32. The fourth-order valence-electron chi connectivity index (χ4n) is 5.73. The van der Waals surface area contributed by atoms with Crippen molar-refractivity contribution >= 4 is 17.1 Å². The molecule has 0 aliphatic heterocycles. The molecule has 0 heterocycles. The molecule has 0 saturated carbocycles. The number of benzene rings is 7. The van der Waals surface area contributed by atoms with Crippen molar-refractivity contribution in [3.05, 3.63) is 188 Å². The minimum atomic E-state index is 1.11. The molecular weight excluding hydrogens is 518 g/mol. The second-order valence-corrected chi connectivity index (χ2v) is 10.6. The van der Waals surface area contributed by atoms with E-state index >= 15 is 0 Å². The molecular formula is C42H31N. The molecule has 7 rings (SSSR count). The molecule has 204 valence electrons. The summed E-state index contributed by atoms with van der Waals surface area (Å²) in [5.41, 5.74) is 13.0. The lowest BCUT2D eigenvalue weighted by Gasteiger charge is -2.26. The van der Waals surface area contributed by atoms with Gasteiger partial charge in [-0.05, 0) is 80.9 Å². The van der Waals surface area contributed by atoms with Crippen molar-refractivity contribution in [2.75, 3.05) is 4.90 Å². The van der Waals surface area contributed by atoms with E-state index in [0.717, 1.165) is 17.1 Å². The molecule has 0 saturated heterocycles. The van der Waals surface area contributed by atoms with Crippen molar-refractivity contribution in [3.8, 4) is 44.5 Å². The summed E-state index contributed by atoms with van der Waals surface area (Å²) in [6.45, 7) is 0. The van der Waals surface area contributed by atoms with E-state index in [0.29, 0.717) is 0 Å². The number of rotatable bonds is 7. The predicted molar refractivity (Wildman–Crippen MR) is 183 cm³/mol. The Morgan fingerprint density at radius 3 is 1.09 bits per heavy atom. The molecule has 0 aliphatic carbocycles. The van der Waals surface area contributed by atoms with E-state index in [1.807, 2.05) is 0 Å². The van der Waals surface area contributed by atoms with E-state index in [4.69, 9.17) is 0 Å². The van der Waals surface area contributed by atoms with Crippen LogP contribution in [0.5, 0.6) is 0 Å². The van der Waals surface area contributed by atoms with Crippen LogP contribution in [-0.2, 0) is 0 Å². The van der Waals surface area contributed by atoms with Crippen LogP contribution in [0, 0.1) is 0 Å². The summed E-state index contributed by atoms with van der Waals surface area (Å²) in [6.07, 6.45) is 0. The molecule has 1 nitrogen and oxygen atoms in total. The Hall–Kier alpha value is -5.66. The maximum atomic E-state index is 2.35. The van der Waals surface area contributed by atoms with Crippen LogP contribution in [0.25, 0.3) is 44.5 Å². The molecule has 0 spiro atoms. The van der Waals surface area contributed by atoms with Gasteiger partial charge in [-0.25, -0.2) is 0 Å². The van der Waals surface area contributed by atoms with E-state index in [1.54, 1.807) is 0 Å². The number of hydrogen-bond donors (Lipinski definition) is 0. The summed E-state index contributed by atoms with van der Waals surface area (Å²) in [4.78, 5) is 2.35. The molecule has 1 heteroatoms. The van der Waals surface area contributed by atoms with Crippen LogP contribution in [0.15, 0.2) is 188 Å². The zero-order chi connectivity index (χ0) is 28.8. The second kappa shape index (κ2) is 12.1. The highest BCUT2D eigenvalue weighted by Gasteiger charge is 2.15. The van der Waals surface area contributed by atoms with Crippen LogP contribution in [0.3, 0.4) is 0 Å². The van der Waals surface area contributed by atoms with Crippen molar-refractivity contribution in [1.82, 2.24) is 0 Å². The maximum absolute atomic E-state index is 2.35. The van der Waals surface area contributed by atoms with Gasteiger partial charge in [-0.3, -0.25) is 0 Å². The Morgan fingerprint density at radius 1 is 0.233 bits per heavy atom. The predicted octanol–water partition coefficient (Wildman–Crippen LogP) is 11.8. The third-order valence-corrected chi connectivity index (χ3v) is 7.89. The van der Waals surface area contributed by atoms with Crippen molar-refractivity contribution in [2.24, 2.45) is 0 Å². The maximum Gasteiger partial charge on any atom is 0.0467 e. The highest BCUT2D eigenvalue weighted by atomic mass is 15.1. The van der Waals surface area contributed by atoms with E-state index in [-0.39, 0.29) is 0 Å². The lowest BCUT2D eigenvalue weighted by molar-refractivity contribution is 1.28. The SMILES string of the molecule is c1ccc(-c2ccc(N(c3ccc(-c4ccccc4)cc3)c3cccc(-c4ccccc4-c4ccccc4)c3)cc2)cc1. The second-order valence-electron chi connectivity index (χ2n) is 10.6. The average Bonchev–Trinajstić information content (AvgIpc) is 3.10. The van der Waals surface area contributed by atoms with Crippen LogP contribution >= 0.6 is 0 Å². The lowest BCUT2D eigenvalue weighted by atomic mass is 9.94. The van der Waals surface area contributed by atoms with E-state index < -0.39 is 0 Å². The molecule has 0 fully saturated rings. The van der Waals surface area contributed by atoms with Gasteiger partial charge in [0.25, 0.3) is 0 Å². The minimum Gasteiger partial charge on any atom is -0.310 e. The fourth-order valence-corrected chi connectivity index (χ4v) is 5.73. The summed E-state index contributed by atoms with van der Waals surface area (Å²) in [5, 5.41) is 0. The molecule has 0 radical (unpaired) electrons. The first-order valence-corrected chi connectivity index (χ1v) is 14.7. The van der Waals surface area contributed by atoms with Gasteiger partial charge in [-0.2, -0.15) is 0 Å². The molecule has 0 atom stereocenters. The highest BCUT2D eigenvalue weighted by molar-refractivity contribution is 5.87. The van der Waals surface area contributed by atoms with Crippen LogP contribution in [-0.4, -0.2) is 0 Å². The van der Waals surface area contributed by atoms with Gasteiger partial charge in [0.2, 0.25) is 0 Å². The molecule has 7 aromatic carbocycles. The van der Waals surface area contributed by atoms with Crippen molar-refractivity contribution in [2.45, 2.75) is 0 Å². The van der Waals surface area contributed by atoms with Gasteiger partial charge in [0.1, 0.15) is 0 Å². The van der Waals surface area contributed by atoms with Crippen LogP contribution < -0.4 is 4.90 Å². The standard InChI is InChI=1S/C42H31N/c1-4-13-32(14-5-1)34-23-27-38(28-24-34)43(39-29-25-35(26-30-39)33-15-6-2-7-16-33)40-20-12-19-37(31-40)42-22-11-10-21-41(42)36-17-8-3-9-18-36/h1-31H. The first-order chi connectivity index (χ1) is 21.3. The highest BCUT2D eigenvalue weighted by Crippen LogP contribution is 2.40. The molecule has 0 aromatic heterocycles. The summed E-state index contributed by atoms with van der Waals surface area (Å²) in [7, 11) is 0. The number of anilines is 3. The van der Waals surface area contributed by atoms with Crippen LogP contribution in [0.1, 0.15) is 0 Å². The number of nitrogens with zero attached hydrogens (tertiary/aromatic N) is 1. The third-order valence-electron chi connectivity index (χ3n) is 7.89. The Morgan fingerprint density at radius 2 is 0.605 bits per heavy atom. The summed E-state index contributed by atoms with van der Waals surface area (Å²) >= 11 is 0. The zero-order valence-corrected chi connectivity index (χ0v) is 23.8. The molecule has 0 amide bonds. The summed E-state index contributed by atoms with van der Waals surface area (Å²) in [6, 6.07) is 67.0. The average molecular weight is 550 g/mol. The molecule has 0 aliphatic rings. The Labute approximate surface area is 254 Å². The van der Waals surface area contributed by atoms with Gasteiger partial charge < -0.3 is 4.90 Å². The fraction of sp³-hybridized carbons (Fsp3) is 0. The lowest BCUT2D eigenvalue weighted by Crippen LogP contribution is -2.10. The quantitative estimate of drug-likeness (QED) is 0.191. The Kier molecular flexibility index (Phi) is 7.36. The van der Waals surface area contributed by atoms with Crippen molar-refractivity contribution in [1.29, 1.82) is 0 Å². The van der Waals surface area contributed by atoms with Crippen LogP contribution in [0.2, 0.25) is 0 Å². The van der Waals surface area contributed by atoms with Gasteiger partial charge in [0, 0.05) is 17.1 Å². The first kappa shape index (κ1) is 26.3. The largest absolute Gasteiger partial charge is 0.310 e. The smallest absolute Gasteiger partial charge is 0.0467 e. The summed E-state index contributed by atoms with van der Waals surface area (Å²) in [5.74, 6) is 0. The molecule has 0 unspecified atom stereocenters. The van der Waals surface area contributed by atoms with E-state index in [2.05, 4.69) is 193 Å². The Bertz CT molecular complexity index is 1840. The van der Waals surface area contributed by atoms with E-state index in [1.165, 1.54) is 44.5 Å². The zero-order valence-electron chi connectivity index (χ0n) is 23.8. The summed E-state index contributed by atoms with van der Waals surface area (Å²) < 4.78 is 0. The number of hydrogen-bond acceptors (Lipinski definition) is 1. The van der Waals surface area contributed by atoms with Crippen LogP contribution in [0.4, 0.5) is 17.1 Å². The van der Waals surface area contributed by atoms with Crippen molar-refractivity contribution < 1.29 is 0 Å². The van der Waals surface area contributed by atoms with Gasteiger partial charge in [-0.1, -0.05) is 152 Å². The monoisotopic (exact) mass is 549 g/mol.